The molecule has 2 aromatic rings. The lowest BCUT2D eigenvalue weighted by Crippen LogP contribution is -2.06. The number of nitrogens with one attached hydrogen (secondary N) is 1. The SMILES string of the molecule is CCCNc1cc(CCC)nc(-c2c(C)noc2C)n1. The van der Waals surface area contributed by atoms with Crippen LogP contribution in [0.1, 0.15) is 43.8 Å². The van der Waals surface area contributed by atoms with Gasteiger partial charge in [-0.15, -0.1) is 0 Å². The van der Waals surface area contributed by atoms with Crippen molar-refractivity contribution >= 4 is 5.82 Å². The number of aryl methyl sites for hydroxylation is 3. The maximum absolute atomic E-state index is 5.22. The van der Waals surface area contributed by atoms with Crippen LogP contribution < -0.4 is 5.32 Å². The van der Waals surface area contributed by atoms with Gasteiger partial charge in [0.2, 0.25) is 0 Å². The molecule has 0 atom stereocenters. The fraction of sp³-hybridized carbons (Fsp3) is 0.533. The smallest absolute Gasteiger partial charge is 0.167 e. The predicted molar refractivity (Wildman–Crippen MR) is 79.8 cm³/mol. The van der Waals surface area contributed by atoms with Crippen LogP contribution in [0.4, 0.5) is 5.82 Å². The Labute approximate surface area is 119 Å². The highest BCUT2D eigenvalue weighted by Crippen LogP contribution is 2.25. The van der Waals surface area contributed by atoms with Crippen molar-refractivity contribution in [2.24, 2.45) is 0 Å². The molecular formula is C15H22N4O. The van der Waals surface area contributed by atoms with Crippen molar-refractivity contribution in [2.45, 2.75) is 47.0 Å². The summed E-state index contributed by atoms with van der Waals surface area (Å²) in [6, 6.07) is 2.03. The maximum Gasteiger partial charge on any atom is 0.167 e. The van der Waals surface area contributed by atoms with Crippen LogP contribution in [0.15, 0.2) is 10.6 Å². The third-order valence-electron chi connectivity index (χ3n) is 3.10. The van der Waals surface area contributed by atoms with E-state index in [0.29, 0.717) is 5.82 Å². The van der Waals surface area contributed by atoms with Gasteiger partial charge in [0.15, 0.2) is 5.82 Å². The van der Waals surface area contributed by atoms with Crippen molar-refractivity contribution in [2.75, 3.05) is 11.9 Å². The second-order valence-electron chi connectivity index (χ2n) is 4.94. The Morgan fingerprint density at radius 2 is 1.95 bits per heavy atom. The second-order valence-corrected chi connectivity index (χ2v) is 4.94. The summed E-state index contributed by atoms with van der Waals surface area (Å²) in [5, 5.41) is 7.32. The summed E-state index contributed by atoms with van der Waals surface area (Å²) in [6.45, 7) is 9.00. The van der Waals surface area contributed by atoms with Gasteiger partial charge in [-0.05, 0) is 26.7 Å². The number of hydrogen-bond donors (Lipinski definition) is 1. The van der Waals surface area contributed by atoms with Crippen molar-refractivity contribution in [3.05, 3.63) is 23.2 Å². The minimum Gasteiger partial charge on any atom is -0.370 e. The standard InChI is InChI=1S/C15H22N4O/c1-5-7-12-9-13(16-8-6-2)18-15(17-12)14-10(3)19-20-11(14)4/h9H,5-8H2,1-4H3,(H,16,17,18). The summed E-state index contributed by atoms with van der Waals surface area (Å²) < 4.78 is 5.22. The summed E-state index contributed by atoms with van der Waals surface area (Å²) >= 11 is 0. The Balaban J connectivity index is 2.43. The van der Waals surface area contributed by atoms with Crippen LogP contribution in [0.5, 0.6) is 0 Å². The molecule has 2 heterocycles. The van der Waals surface area contributed by atoms with Crippen LogP contribution in [0.25, 0.3) is 11.4 Å². The zero-order chi connectivity index (χ0) is 14.5. The van der Waals surface area contributed by atoms with Crippen LogP contribution in [0.3, 0.4) is 0 Å². The van der Waals surface area contributed by atoms with Crippen LogP contribution in [0.2, 0.25) is 0 Å². The van der Waals surface area contributed by atoms with E-state index in [0.717, 1.165) is 54.3 Å². The number of nitrogens with zero attached hydrogens (tertiary/aromatic N) is 3. The van der Waals surface area contributed by atoms with Crippen molar-refractivity contribution < 1.29 is 4.52 Å². The first-order chi connectivity index (χ1) is 9.65. The van der Waals surface area contributed by atoms with Crippen molar-refractivity contribution in [1.29, 1.82) is 0 Å². The van der Waals surface area contributed by atoms with Gasteiger partial charge in [-0.2, -0.15) is 0 Å². The van der Waals surface area contributed by atoms with E-state index in [1.165, 1.54) is 0 Å². The predicted octanol–water partition coefficient (Wildman–Crippen LogP) is 3.52. The van der Waals surface area contributed by atoms with E-state index in [-0.39, 0.29) is 0 Å². The number of aromatic nitrogens is 3. The van der Waals surface area contributed by atoms with E-state index < -0.39 is 0 Å². The third kappa shape index (κ3) is 3.15. The Hall–Kier alpha value is -1.91. The zero-order valence-electron chi connectivity index (χ0n) is 12.7. The number of rotatable bonds is 6. The molecule has 0 saturated heterocycles. The van der Waals surface area contributed by atoms with Gasteiger partial charge in [0.05, 0.1) is 11.3 Å². The van der Waals surface area contributed by atoms with Gasteiger partial charge in [0, 0.05) is 18.3 Å². The van der Waals surface area contributed by atoms with E-state index in [1.807, 2.05) is 19.9 Å². The summed E-state index contributed by atoms with van der Waals surface area (Å²) in [7, 11) is 0. The van der Waals surface area contributed by atoms with Gasteiger partial charge >= 0.3 is 0 Å². The molecule has 0 aromatic carbocycles. The largest absolute Gasteiger partial charge is 0.370 e. The summed E-state index contributed by atoms with van der Waals surface area (Å²) in [5.74, 6) is 2.34. The van der Waals surface area contributed by atoms with Gasteiger partial charge < -0.3 is 9.84 Å². The summed E-state index contributed by atoms with van der Waals surface area (Å²) in [6.07, 6.45) is 3.07. The Kier molecular flexibility index (Phi) is 4.71. The molecule has 108 valence electrons. The van der Waals surface area contributed by atoms with E-state index in [4.69, 9.17) is 4.52 Å². The molecule has 0 radical (unpaired) electrons. The minimum atomic E-state index is 0.700. The fourth-order valence-electron chi connectivity index (χ4n) is 2.14. The average molecular weight is 274 g/mol. The molecule has 0 aliphatic heterocycles. The number of hydrogen-bond acceptors (Lipinski definition) is 5. The molecular weight excluding hydrogens is 252 g/mol. The van der Waals surface area contributed by atoms with Crippen LogP contribution >= 0.6 is 0 Å². The normalized spacial score (nSPS) is 10.8. The average Bonchev–Trinajstić information content (AvgIpc) is 2.76. The maximum atomic E-state index is 5.22. The molecule has 20 heavy (non-hydrogen) atoms. The van der Waals surface area contributed by atoms with E-state index in [2.05, 4.69) is 34.3 Å². The Morgan fingerprint density at radius 3 is 2.55 bits per heavy atom. The lowest BCUT2D eigenvalue weighted by molar-refractivity contribution is 0.393. The summed E-state index contributed by atoms with van der Waals surface area (Å²) in [4.78, 5) is 9.24. The molecule has 0 unspecified atom stereocenters. The third-order valence-corrected chi connectivity index (χ3v) is 3.10. The Morgan fingerprint density at radius 1 is 1.15 bits per heavy atom. The molecule has 2 aromatic heterocycles. The van der Waals surface area contributed by atoms with E-state index in [9.17, 15) is 0 Å². The monoisotopic (exact) mass is 274 g/mol. The second kappa shape index (κ2) is 6.50. The van der Waals surface area contributed by atoms with Gasteiger partial charge in [0.25, 0.3) is 0 Å². The first-order valence-electron chi connectivity index (χ1n) is 7.20. The van der Waals surface area contributed by atoms with Crippen molar-refractivity contribution in [1.82, 2.24) is 15.1 Å². The van der Waals surface area contributed by atoms with Gasteiger partial charge in [-0.1, -0.05) is 25.4 Å². The highest BCUT2D eigenvalue weighted by molar-refractivity contribution is 5.62. The lowest BCUT2D eigenvalue weighted by atomic mass is 10.1. The first-order valence-corrected chi connectivity index (χ1v) is 7.20. The molecule has 0 saturated carbocycles. The molecule has 2 rings (SSSR count). The zero-order valence-corrected chi connectivity index (χ0v) is 12.7. The molecule has 0 bridgehead atoms. The molecule has 5 heteroatoms. The van der Waals surface area contributed by atoms with E-state index >= 15 is 0 Å². The van der Waals surface area contributed by atoms with E-state index in [1.54, 1.807) is 0 Å². The molecule has 0 fully saturated rings. The molecule has 0 spiro atoms. The number of anilines is 1. The Bertz CT molecular complexity index is 558. The molecule has 0 aliphatic rings. The van der Waals surface area contributed by atoms with Crippen LogP contribution in [-0.2, 0) is 6.42 Å². The highest BCUT2D eigenvalue weighted by atomic mass is 16.5. The van der Waals surface area contributed by atoms with Crippen LogP contribution in [0, 0.1) is 13.8 Å². The first kappa shape index (κ1) is 14.5. The highest BCUT2D eigenvalue weighted by Gasteiger charge is 2.16. The fourth-order valence-corrected chi connectivity index (χ4v) is 2.14. The summed E-state index contributed by atoms with van der Waals surface area (Å²) in [5.41, 5.74) is 2.79. The van der Waals surface area contributed by atoms with Gasteiger partial charge in [-0.25, -0.2) is 9.97 Å². The molecule has 0 aliphatic carbocycles. The van der Waals surface area contributed by atoms with Gasteiger partial charge in [-0.3, -0.25) is 0 Å². The molecule has 0 amide bonds. The molecule has 5 nitrogen and oxygen atoms in total. The minimum absolute atomic E-state index is 0.700. The van der Waals surface area contributed by atoms with Crippen LogP contribution in [-0.4, -0.2) is 21.7 Å². The molecule has 1 N–H and O–H groups in total. The topological polar surface area (TPSA) is 63.8 Å². The van der Waals surface area contributed by atoms with Gasteiger partial charge in [0.1, 0.15) is 11.6 Å². The quantitative estimate of drug-likeness (QED) is 0.873. The van der Waals surface area contributed by atoms with Crippen molar-refractivity contribution in [3.63, 3.8) is 0 Å². The lowest BCUT2D eigenvalue weighted by Gasteiger charge is -2.09. The van der Waals surface area contributed by atoms with Crippen molar-refractivity contribution in [3.8, 4) is 11.4 Å².